The first-order chi connectivity index (χ1) is 14.1. The van der Waals surface area contributed by atoms with Crippen LogP contribution in [0.1, 0.15) is 32.3 Å². The predicted octanol–water partition coefficient (Wildman–Crippen LogP) is 4.60. The van der Waals surface area contributed by atoms with E-state index in [0.717, 1.165) is 66.0 Å². The quantitative estimate of drug-likeness (QED) is 0.538. The molecular weight excluding hydrogens is 402 g/mol. The molecule has 0 aliphatic carbocycles. The van der Waals surface area contributed by atoms with Crippen molar-refractivity contribution in [2.75, 3.05) is 26.2 Å². The summed E-state index contributed by atoms with van der Waals surface area (Å²) in [4.78, 5) is 20.0. The van der Waals surface area contributed by atoms with Crippen LogP contribution in [0.3, 0.4) is 0 Å². The van der Waals surface area contributed by atoms with Gasteiger partial charge < -0.3 is 9.42 Å². The van der Waals surface area contributed by atoms with E-state index in [1.807, 2.05) is 43.0 Å². The molecule has 152 valence electrons. The van der Waals surface area contributed by atoms with E-state index in [1.165, 1.54) is 4.88 Å². The fraction of sp³-hybridized carbons (Fsp3) is 0.364. The molecular formula is C22H25N3O2S2. The second-order valence-electron chi connectivity index (χ2n) is 7.24. The minimum absolute atomic E-state index is 0.127. The third-order valence-electron chi connectivity index (χ3n) is 5.29. The lowest BCUT2D eigenvalue weighted by molar-refractivity contribution is 0.0626. The summed E-state index contributed by atoms with van der Waals surface area (Å²) in [5.41, 5.74) is 2.82. The standard InChI is InChI=1S/C22H25N3O2S2/c1-16-20(17(2)27-23-16)15-29-21-8-4-3-7-19(21)22(26)25-11-9-24(10-12-25)14-18-6-5-13-28-18/h3-8,13H,9-12,14-15H2,1-2H3. The van der Waals surface area contributed by atoms with Gasteiger partial charge in [0.1, 0.15) is 5.76 Å². The third-order valence-corrected chi connectivity index (χ3v) is 7.25. The highest BCUT2D eigenvalue weighted by molar-refractivity contribution is 7.98. The highest BCUT2D eigenvalue weighted by Crippen LogP contribution is 2.29. The smallest absolute Gasteiger partial charge is 0.255 e. The molecule has 0 unspecified atom stereocenters. The largest absolute Gasteiger partial charge is 0.361 e. The van der Waals surface area contributed by atoms with Gasteiger partial charge in [0, 0.05) is 53.8 Å². The fourth-order valence-electron chi connectivity index (χ4n) is 3.53. The van der Waals surface area contributed by atoms with E-state index < -0.39 is 0 Å². The summed E-state index contributed by atoms with van der Waals surface area (Å²) < 4.78 is 5.26. The molecule has 0 radical (unpaired) electrons. The van der Waals surface area contributed by atoms with E-state index in [1.54, 1.807) is 23.1 Å². The van der Waals surface area contributed by atoms with E-state index in [9.17, 15) is 4.79 Å². The van der Waals surface area contributed by atoms with Crippen molar-refractivity contribution in [2.24, 2.45) is 0 Å². The Morgan fingerprint density at radius 1 is 1.14 bits per heavy atom. The lowest BCUT2D eigenvalue weighted by atomic mass is 10.2. The number of aryl methyl sites for hydroxylation is 2. The summed E-state index contributed by atoms with van der Waals surface area (Å²) >= 11 is 3.46. The van der Waals surface area contributed by atoms with Crippen molar-refractivity contribution < 1.29 is 9.32 Å². The van der Waals surface area contributed by atoms with Crippen molar-refractivity contribution in [1.82, 2.24) is 15.0 Å². The average molecular weight is 428 g/mol. The predicted molar refractivity (Wildman–Crippen MR) is 117 cm³/mol. The summed E-state index contributed by atoms with van der Waals surface area (Å²) in [6.07, 6.45) is 0. The molecule has 5 nitrogen and oxygen atoms in total. The Labute approximate surface area is 179 Å². The molecule has 29 heavy (non-hydrogen) atoms. The van der Waals surface area contributed by atoms with Gasteiger partial charge in [-0.3, -0.25) is 9.69 Å². The molecule has 4 rings (SSSR count). The zero-order valence-corrected chi connectivity index (χ0v) is 18.4. The molecule has 1 saturated heterocycles. The van der Waals surface area contributed by atoms with E-state index >= 15 is 0 Å². The topological polar surface area (TPSA) is 49.6 Å². The van der Waals surface area contributed by atoms with Crippen LogP contribution < -0.4 is 0 Å². The SMILES string of the molecule is Cc1noc(C)c1CSc1ccccc1C(=O)N1CCN(Cc2cccs2)CC1. The number of thioether (sulfide) groups is 1. The van der Waals surface area contributed by atoms with Crippen molar-refractivity contribution in [2.45, 2.75) is 31.0 Å². The number of thiophene rings is 1. The van der Waals surface area contributed by atoms with Crippen LogP contribution in [0.15, 0.2) is 51.2 Å². The summed E-state index contributed by atoms with van der Waals surface area (Å²) in [5.74, 6) is 1.73. The number of benzene rings is 1. The van der Waals surface area contributed by atoms with Crippen molar-refractivity contribution in [1.29, 1.82) is 0 Å². The van der Waals surface area contributed by atoms with Crippen molar-refractivity contribution in [3.63, 3.8) is 0 Å². The van der Waals surface area contributed by atoms with Crippen LogP contribution in [0.2, 0.25) is 0 Å². The van der Waals surface area contributed by atoms with Crippen LogP contribution in [-0.4, -0.2) is 47.0 Å². The first-order valence-corrected chi connectivity index (χ1v) is 11.7. The van der Waals surface area contributed by atoms with E-state index in [0.29, 0.717) is 0 Å². The van der Waals surface area contributed by atoms with Gasteiger partial charge in [-0.05, 0) is 37.4 Å². The molecule has 3 heterocycles. The number of rotatable bonds is 6. The molecule has 1 aromatic carbocycles. The Kier molecular flexibility index (Phi) is 6.37. The van der Waals surface area contributed by atoms with Crippen molar-refractivity contribution >= 4 is 29.0 Å². The molecule has 0 saturated carbocycles. The number of carbonyl (C=O) groups is 1. The Morgan fingerprint density at radius 2 is 1.93 bits per heavy atom. The summed E-state index contributed by atoms with van der Waals surface area (Å²) in [7, 11) is 0. The maximum Gasteiger partial charge on any atom is 0.255 e. The maximum atomic E-state index is 13.2. The average Bonchev–Trinajstić information content (AvgIpc) is 3.36. The number of piperazine rings is 1. The fourth-order valence-corrected chi connectivity index (χ4v) is 5.47. The van der Waals surface area contributed by atoms with E-state index in [4.69, 9.17) is 4.52 Å². The summed E-state index contributed by atoms with van der Waals surface area (Å²) in [6.45, 7) is 8.24. The maximum absolute atomic E-state index is 13.2. The Hall–Kier alpha value is -2.09. The second kappa shape index (κ2) is 9.15. The lowest BCUT2D eigenvalue weighted by Crippen LogP contribution is -2.48. The highest BCUT2D eigenvalue weighted by atomic mass is 32.2. The molecule has 1 aliphatic heterocycles. The van der Waals surface area contributed by atoms with Gasteiger partial charge in [0.05, 0.1) is 11.3 Å². The first-order valence-electron chi connectivity index (χ1n) is 9.79. The number of nitrogens with zero attached hydrogens (tertiary/aromatic N) is 3. The minimum atomic E-state index is 0.127. The van der Waals surface area contributed by atoms with Gasteiger partial charge >= 0.3 is 0 Å². The normalized spacial score (nSPS) is 15.0. The van der Waals surface area contributed by atoms with Gasteiger partial charge in [-0.2, -0.15) is 0 Å². The number of hydrogen-bond donors (Lipinski definition) is 0. The highest BCUT2D eigenvalue weighted by Gasteiger charge is 2.24. The van der Waals surface area contributed by atoms with Crippen LogP contribution in [-0.2, 0) is 12.3 Å². The number of carbonyl (C=O) groups excluding carboxylic acids is 1. The molecule has 3 aromatic rings. The number of hydrogen-bond acceptors (Lipinski definition) is 6. The van der Waals surface area contributed by atoms with Crippen LogP contribution in [0, 0.1) is 13.8 Å². The molecule has 2 aromatic heterocycles. The molecule has 7 heteroatoms. The lowest BCUT2D eigenvalue weighted by Gasteiger charge is -2.34. The third kappa shape index (κ3) is 4.74. The van der Waals surface area contributed by atoms with Gasteiger partial charge in [-0.25, -0.2) is 0 Å². The van der Waals surface area contributed by atoms with Gasteiger partial charge in [0.25, 0.3) is 5.91 Å². The summed E-state index contributed by atoms with van der Waals surface area (Å²) in [6, 6.07) is 12.2. The van der Waals surface area contributed by atoms with Gasteiger partial charge in [-0.15, -0.1) is 23.1 Å². The zero-order valence-electron chi connectivity index (χ0n) is 16.8. The van der Waals surface area contributed by atoms with E-state index in [-0.39, 0.29) is 5.91 Å². The Morgan fingerprint density at radius 3 is 2.62 bits per heavy atom. The molecule has 0 atom stereocenters. The Bertz CT molecular complexity index is 941. The molecule has 0 bridgehead atoms. The van der Waals surface area contributed by atoms with Gasteiger partial charge in [0.2, 0.25) is 0 Å². The number of amides is 1. The van der Waals surface area contributed by atoms with Crippen LogP contribution in [0.4, 0.5) is 0 Å². The monoisotopic (exact) mass is 427 g/mol. The molecule has 0 spiro atoms. The molecule has 1 fully saturated rings. The summed E-state index contributed by atoms with van der Waals surface area (Å²) in [5, 5.41) is 6.14. The van der Waals surface area contributed by atoms with E-state index in [2.05, 4.69) is 27.6 Å². The zero-order chi connectivity index (χ0) is 20.2. The van der Waals surface area contributed by atoms with Crippen LogP contribution >= 0.6 is 23.1 Å². The molecule has 0 N–H and O–H groups in total. The second-order valence-corrected chi connectivity index (χ2v) is 9.28. The van der Waals surface area contributed by atoms with Gasteiger partial charge in [-0.1, -0.05) is 23.4 Å². The Balaban J connectivity index is 1.39. The van der Waals surface area contributed by atoms with Crippen molar-refractivity contribution in [3.05, 3.63) is 69.2 Å². The first kappa shape index (κ1) is 20.2. The molecule has 1 amide bonds. The van der Waals surface area contributed by atoms with Crippen LogP contribution in [0.5, 0.6) is 0 Å². The minimum Gasteiger partial charge on any atom is -0.361 e. The van der Waals surface area contributed by atoms with Crippen molar-refractivity contribution in [3.8, 4) is 0 Å². The molecule has 1 aliphatic rings. The van der Waals surface area contributed by atoms with Gasteiger partial charge in [0.15, 0.2) is 0 Å². The van der Waals surface area contributed by atoms with Crippen LogP contribution in [0.25, 0.3) is 0 Å². The number of aromatic nitrogens is 1.